The van der Waals surface area contributed by atoms with E-state index in [2.05, 4.69) is 26.2 Å². The number of carbonyl (C=O) groups excluding carboxylic acids is 1. The minimum absolute atomic E-state index is 0.197. The number of nitrogens with zero attached hydrogens (tertiary/aromatic N) is 2. The molecule has 9 heteroatoms. The van der Waals surface area contributed by atoms with Crippen molar-refractivity contribution in [3.05, 3.63) is 18.2 Å². The largest absolute Gasteiger partial charge is 0.301 e. The second kappa shape index (κ2) is 6.61. The zero-order valence-electron chi connectivity index (χ0n) is 12.3. The first-order chi connectivity index (χ1) is 10.3. The molecule has 120 valence electrons. The monoisotopic (exact) mass is 405 g/mol. The molecule has 1 heterocycles. The normalized spacial score (nSPS) is 13.5. The topological polar surface area (TPSA) is 79.4 Å². The average Bonchev–Trinajstić information content (AvgIpc) is 2.87. The number of carbonyl (C=O) groups is 1. The van der Waals surface area contributed by atoms with Crippen molar-refractivity contribution in [2.24, 2.45) is 0 Å². The van der Waals surface area contributed by atoms with Gasteiger partial charge >= 0.3 is 0 Å². The van der Waals surface area contributed by atoms with Crippen molar-refractivity contribution in [3.8, 4) is 0 Å². The Morgan fingerprint density at radius 2 is 2.18 bits per heavy atom. The van der Waals surface area contributed by atoms with Crippen molar-refractivity contribution < 1.29 is 13.2 Å². The highest BCUT2D eigenvalue weighted by atomic mass is 79.9. The highest BCUT2D eigenvalue weighted by Gasteiger charge is 2.20. The van der Waals surface area contributed by atoms with Gasteiger partial charge in [0, 0.05) is 13.6 Å². The Morgan fingerprint density at radius 3 is 2.77 bits per heavy atom. The number of nitrogens with one attached hydrogen (secondary N) is 1. The number of sulfonamides is 1. The Labute approximate surface area is 141 Å². The minimum Gasteiger partial charge on any atom is -0.301 e. The van der Waals surface area contributed by atoms with Crippen LogP contribution in [0.2, 0.25) is 0 Å². The molecule has 1 atom stereocenters. The Morgan fingerprint density at radius 1 is 1.50 bits per heavy atom. The molecule has 1 N–H and O–H groups in total. The summed E-state index contributed by atoms with van der Waals surface area (Å²) in [6.45, 7) is 3.89. The number of anilines is 1. The first-order valence-corrected chi connectivity index (χ1v) is 9.74. The van der Waals surface area contributed by atoms with Crippen LogP contribution in [0.5, 0.6) is 0 Å². The fraction of sp³-hybridized carbons (Fsp3) is 0.385. The van der Waals surface area contributed by atoms with Crippen LogP contribution in [0, 0.1) is 0 Å². The maximum Gasteiger partial charge on any atom is 0.242 e. The molecule has 0 radical (unpaired) electrons. The lowest BCUT2D eigenvalue weighted by molar-refractivity contribution is -0.115. The van der Waals surface area contributed by atoms with Crippen molar-refractivity contribution >= 4 is 58.5 Å². The van der Waals surface area contributed by atoms with Gasteiger partial charge < -0.3 is 5.32 Å². The zero-order valence-corrected chi connectivity index (χ0v) is 15.5. The van der Waals surface area contributed by atoms with Crippen LogP contribution in [0.4, 0.5) is 5.13 Å². The highest BCUT2D eigenvalue weighted by Crippen LogP contribution is 2.29. The molecule has 0 saturated heterocycles. The summed E-state index contributed by atoms with van der Waals surface area (Å²) in [4.78, 5) is 15.8. The van der Waals surface area contributed by atoms with E-state index in [0.29, 0.717) is 21.9 Å². The van der Waals surface area contributed by atoms with Gasteiger partial charge in [-0.25, -0.2) is 17.7 Å². The molecule has 0 aliphatic rings. The van der Waals surface area contributed by atoms with Gasteiger partial charge in [0.1, 0.15) is 0 Å². The number of hydrogen-bond donors (Lipinski definition) is 1. The van der Waals surface area contributed by atoms with Crippen LogP contribution < -0.4 is 5.32 Å². The average molecular weight is 406 g/mol. The fourth-order valence-electron chi connectivity index (χ4n) is 1.67. The highest BCUT2D eigenvalue weighted by molar-refractivity contribution is 9.10. The molecule has 2 aromatic rings. The number of hydrogen-bond acceptors (Lipinski definition) is 5. The van der Waals surface area contributed by atoms with Gasteiger partial charge in [0.25, 0.3) is 0 Å². The molecule has 6 nitrogen and oxygen atoms in total. The summed E-state index contributed by atoms with van der Waals surface area (Å²) >= 11 is 4.43. The lowest BCUT2D eigenvalue weighted by Crippen LogP contribution is -2.26. The van der Waals surface area contributed by atoms with Crippen LogP contribution in [0.1, 0.15) is 13.8 Å². The van der Waals surface area contributed by atoms with Crippen LogP contribution in [0.25, 0.3) is 10.2 Å². The Balaban J connectivity index is 2.38. The SMILES string of the molecule is CCN(C)S(=O)(=O)c1ccc2nc(NC(=O)C(C)Br)sc2c1. The predicted octanol–water partition coefficient (Wildman–Crippen LogP) is 2.66. The summed E-state index contributed by atoms with van der Waals surface area (Å²) < 4.78 is 26.6. The first kappa shape index (κ1) is 17.3. The van der Waals surface area contributed by atoms with Gasteiger partial charge in [-0.05, 0) is 25.1 Å². The van der Waals surface area contributed by atoms with Crippen LogP contribution >= 0.6 is 27.3 Å². The van der Waals surface area contributed by atoms with E-state index in [9.17, 15) is 13.2 Å². The molecule has 0 saturated carbocycles. The summed E-state index contributed by atoms with van der Waals surface area (Å²) in [5.41, 5.74) is 0.653. The number of thiazole rings is 1. The molecule has 1 amide bonds. The van der Waals surface area contributed by atoms with E-state index < -0.39 is 10.0 Å². The molecular weight excluding hydrogens is 390 g/mol. The second-order valence-electron chi connectivity index (χ2n) is 4.67. The quantitative estimate of drug-likeness (QED) is 0.775. The van der Waals surface area contributed by atoms with Crippen LogP contribution in [0.3, 0.4) is 0 Å². The van der Waals surface area contributed by atoms with Gasteiger partial charge in [0.2, 0.25) is 15.9 Å². The number of fused-ring (bicyclic) bond motifs is 1. The van der Waals surface area contributed by atoms with Crippen molar-refractivity contribution in [1.29, 1.82) is 0 Å². The number of aromatic nitrogens is 1. The Bertz CT molecular complexity index is 802. The molecule has 1 aromatic heterocycles. The van der Waals surface area contributed by atoms with Gasteiger partial charge in [0.15, 0.2) is 5.13 Å². The Hall–Kier alpha value is -1.03. The number of benzene rings is 1. The van der Waals surface area contributed by atoms with E-state index >= 15 is 0 Å². The molecule has 0 aliphatic carbocycles. The van der Waals surface area contributed by atoms with E-state index in [1.165, 1.54) is 28.8 Å². The van der Waals surface area contributed by atoms with E-state index in [-0.39, 0.29) is 15.6 Å². The predicted molar refractivity (Wildman–Crippen MR) is 92.1 cm³/mol. The number of halogens is 1. The van der Waals surface area contributed by atoms with Gasteiger partial charge in [-0.3, -0.25) is 4.79 Å². The summed E-state index contributed by atoms with van der Waals surface area (Å²) in [6, 6.07) is 4.76. The summed E-state index contributed by atoms with van der Waals surface area (Å²) in [7, 11) is -1.95. The summed E-state index contributed by atoms with van der Waals surface area (Å²) in [6.07, 6.45) is 0. The number of alkyl halides is 1. The van der Waals surface area contributed by atoms with Gasteiger partial charge in [-0.2, -0.15) is 0 Å². The molecule has 2 rings (SSSR count). The smallest absolute Gasteiger partial charge is 0.242 e. The van der Waals surface area contributed by atoms with Crippen molar-refractivity contribution in [3.63, 3.8) is 0 Å². The van der Waals surface area contributed by atoms with Gasteiger partial charge in [0.05, 0.1) is 19.9 Å². The first-order valence-electron chi connectivity index (χ1n) is 6.57. The molecule has 22 heavy (non-hydrogen) atoms. The molecule has 1 aromatic carbocycles. The molecule has 0 bridgehead atoms. The van der Waals surface area contributed by atoms with E-state index in [0.717, 1.165) is 0 Å². The standard InChI is InChI=1S/C13H16BrN3O3S2/c1-4-17(3)22(19,20)9-5-6-10-11(7-9)21-13(15-10)16-12(18)8(2)14/h5-8H,4H2,1-3H3,(H,15,16,18). The molecule has 1 unspecified atom stereocenters. The van der Waals surface area contributed by atoms with Crippen LogP contribution in [0.15, 0.2) is 23.1 Å². The molecule has 0 spiro atoms. The van der Waals surface area contributed by atoms with E-state index in [4.69, 9.17) is 0 Å². The van der Waals surface area contributed by atoms with Crippen molar-refractivity contribution in [1.82, 2.24) is 9.29 Å². The fourth-order valence-corrected chi connectivity index (χ4v) is 3.98. The number of rotatable bonds is 5. The molecule has 0 aliphatic heterocycles. The molecule has 0 fully saturated rings. The van der Waals surface area contributed by atoms with E-state index in [1.807, 2.05) is 0 Å². The van der Waals surface area contributed by atoms with Crippen LogP contribution in [-0.2, 0) is 14.8 Å². The zero-order chi connectivity index (χ0) is 16.5. The summed E-state index contributed by atoms with van der Waals surface area (Å²) in [5.74, 6) is -0.197. The minimum atomic E-state index is -3.49. The lowest BCUT2D eigenvalue weighted by atomic mass is 10.3. The third-order valence-corrected chi connectivity index (χ3v) is 6.38. The second-order valence-corrected chi connectivity index (χ2v) is 9.12. The van der Waals surface area contributed by atoms with Crippen LogP contribution in [-0.4, -0.2) is 42.0 Å². The maximum absolute atomic E-state index is 12.3. The maximum atomic E-state index is 12.3. The van der Waals surface area contributed by atoms with Crippen molar-refractivity contribution in [2.75, 3.05) is 18.9 Å². The number of amides is 1. The summed E-state index contributed by atoms with van der Waals surface area (Å²) in [5, 5.41) is 3.13. The Kier molecular flexibility index (Phi) is 5.21. The third kappa shape index (κ3) is 3.48. The third-order valence-electron chi connectivity index (χ3n) is 3.10. The van der Waals surface area contributed by atoms with Crippen molar-refractivity contribution in [2.45, 2.75) is 23.6 Å². The van der Waals surface area contributed by atoms with Gasteiger partial charge in [-0.15, -0.1) is 0 Å². The van der Waals surface area contributed by atoms with E-state index in [1.54, 1.807) is 26.0 Å². The lowest BCUT2D eigenvalue weighted by Gasteiger charge is -2.14. The molecular formula is C13H16BrN3O3S2. The van der Waals surface area contributed by atoms with Gasteiger partial charge in [-0.1, -0.05) is 34.2 Å².